The van der Waals surface area contributed by atoms with E-state index in [4.69, 9.17) is 37.4 Å². The number of imide groups is 2. The Bertz CT molecular complexity index is 2250. The maximum Gasteiger partial charge on any atom is 0.260 e. The summed E-state index contributed by atoms with van der Waals surface area (Å²) in [5.74, 6) is -5.45. The SMILES string of the molecule is COc1ccc([C@@]23C(=O)N(Nc4ccc(Cl)cc4Cl)C(=O)[C@@H]2C[C@@H]2C(=CC[C@@H]4C(=O)N(c5ccccc5)C(=O)[C@@H]42)[C@@H]3c2c(O)cc(OC)cc2OC)cc1. The van der Waals surface area contributed by atoms with Gasteiger partial charge in [0.1, 0.15) is 23.0 Å². The average molecular weight is 769 g/mol. The minimum absolute atomic E-state index is 0.0491. The Kier molecular flexibility index (Phi) is 8.81. The van der Waals surface area contributed by atoms with Crippen LogP contribution in [-0.2, 0) is 24.6 Å². The van der Waals surface area contributed by atoms with Gasteiger partial charge in [-0.3, -0.25) is 29.5 Å². The number of nitrogens with one attached hydrogen (secondary N) is 1. The average Bonchev–Trinajstić information content (AvgIpc) is 3.56. The molecule has 276 valence electrons. The number of anilines is 2. The van der Waals surface area contributed by atoms with Crippen LogP contribution in [0.15, 0.2) is 96.6 Å². The normalized spacial score (nSPS) is 25.9. The molecular formula is C41H35Cl2N3O8. The third-order valence-electron chi connectivity index (χ3n) is 11.4. The zero-order chi connectivity index (χ0) is 38.1. The molecule has 0 spiro atoms. The zero-order valence-corrected chi connectivity index (χ0v) is 30.9. The molecule has 54 heavy (non-hydrogen) atoms. The number of hydrazine groups is 1. The quantitative estimate of drug-likeness (QED) is 0.145. The van der Waals surface area contributed by atoms with Crippen LogP contribution in [0.5, 0.6) is 23.0 Å². The first kappa shape index (κ1) is 35.5. The van der Waals surface area contributed by atoms with E-state index in [9.17, 15) is 14.7 Å². The van der Waals surface area contributed by atoms with Crippen LogP contribution in [0.4, 0.5) is 11.4 Å². The van der Waals surface area contributed by atoms with Crippen LogP contribution in [0.1, 0.15) is 29.9 Å². The Morgan fingerprint density at radius 1 is 0.796 bits per heavy atom. The fraction of sp³-hybridized carbons (Fsp3) is 0.268. The molecule has 6 atom stereocenters. The summed E-state index contributed by atoms with van der Waals surface area (Å²) in [6, 6.07) is 23.3. The molecule has 2 heterocycles. The van der Waals surface area contributed by atoms with E-state index >= 15 is 9.59 Å². The molecule has 4 aliphatic rings. The van der Waals surface area contributed by atoms with Crippen LogP contribution < -0.4 is 24.5 Å². The van der Waals surface area contributed by atoms with Gasteiger partial charge in [0.2, 0.25) is 11.8 Å². The van der Waals surface area contributed by atoms with E-state index in [0.717, 1.165) is 5.01 Å². The summed E-state index contributed by atoms with van der Waals surface area (Å²) in [6.45, 7) is 0. The number of hydrogen-bond donors (Lipinski definition) is 2. The molecule has 4 aromatic carbocycles. The van der Waals surface area contributed by atoms with Gasteiger partial charge in [0.15, 0.2) is 0 Å². The largest absolute Gasteiger partial charge is 0.507 e. The minimum atomic E-state index is -1.70. The van der Waals surface area contributed by atoms with Crippen molar-refractivity contribution in [2.45, 2.75) is 24.2 Å². The number of methoxy groups -OCH3 is 3. The number of nitrogens with zero attached hydrogens (tertiary/aromatic N) is 2. The summed E-state index contributed by atoms with van der Waals surface area (Å²) >= 11 is 12.7. The van der Waals surface area contributed by atoms with Gasteiger partial charge in [-0.15, -0.1) is 0 Å². The zero-order valence-electron chi connectivity index (χ0n) is 29.4. The van der Waals surface area contributed by atoms with Crippen molar-refractivity contribution < 1.29 is 38.5 Å². The molecule has 0 aromatic heterocycles. The van der Waals surface area contributed by atoms with Crippen LogP contribution >= 0.6 is 23.2 Å². The number of allylic oxidation sites excluding steroid dienone is 2. The van der Waals surface area contributed by atoms with E-state index in [1.54, 1.807) is 72.8 Å². The fourth-order valence-corrected chi connectivity index (χ4v) is 9.60. The number of phenols is 1. The summed E-state index contributed by atoms with van der Waals surface area (Å²) in [4.78, 5) is 60.3. The van der Waals surface area contributed by atoms with Crippen LogP contribution in [0, 0.1) is 23.7 Å². The van der Waals surface area contributed by atoms with Gasteiger partial charge in [0.05, 0.1) is 60.9 Å². The first-order valence-electron chi connectivity index (χ1n) is 17.4. The third-order valence-corrected chi connectivity index (χ3v) is 12.0. The second-order valence-corrected chi connectivity index (χ2v) is 14.7. The van der Waals surface area contributed by atoms with Crippen molar-refractivity contribution in [1.82, 2.24) is 5.01 Å². The maximum absolute atomic E-state index is 15.5. The van der Waals surface area contributed by atoms with Crippen molar-refractivity contribution in [2.75, 3.05) is 31.7 Å². The van der Waals surface area contributed by atoms with E-state index in [1.165, 1.54) is 38.4 Å². The van der Waals surface area contributed by atoms with Crippen molar-refractivity contribution in [1.29, 1.82) is 0 Å². The van der Waals surface area contributed by atoms with Gasteiger partial charge in [-0.25, -0.2) is 0 Å². The lowest BCUT2D eigenvalue weighted by Gasteiger charge is -2.50. The molecule has 4 amide bonds. The number of para-hydroxylation sites is 1. The number of hydrogen-bond acceptors (Lipinski definition) is 9. The fourth-order valence-electron chi connectivity index (χ4n) is 9.15. The Hall–Kier alpha value is -5.52. The molecule has 13 heteroatoms. The van der Waals surface area contributed by atoms with E-state index < -0.39 is 46.8 Å². The Morgan fingerprint density at radius 2 is 1.52 bits per heavy atom. The molecule has 4 aromatic rings. The van der Waals surface area contributed by atoms with E-state index in [0.29, 0.717) is 33.3 Å². The number of aromatic hydroxyl groups is 1. The predicted octanol–water partition coefficient (Wildman–Crippen LogP) is 6.91. The number of amides is 4. The van der Waals surface area contributed by atoms with Crippen LogP contribution in [0.2, 0.25) is 10.0 Å². The highest BCUT2D eigenvalue weighted by atomic mass is 35.5. The Morgan fingerprint density at radius 3 is 2.19 bits per heavy atom. The second kappa shape index (κ2) is 13.4. The lowest BCUT2D eigenvalue weighted by atomic mass is 9.49. The van der Waals surface area contributed by atoms with Crippen LogP contribution in [0.25, 0.3) is 0 Å². The number of halogens is 2. The molecule has 2 aliphatic carbocycles. The molecule has 2 saturated heterocycles. The number of benzene rings is 4. The van der Waals surface area contributed by atoms with E-state index in [2.05, 4.69) is 5.43 Å². The predicted molar refractivity (Wildman–Crippen MR) is 201 cm³/mol. The van der Waals surface area contributed by atoms with Crippen LogP contribution in [-0.4, -0.2) is 55.1 Å². The van der Waals surface area contributed by atoms with Gasteiger partial charge in [0.25, 0.3) is 11.8 Å². The summed E-state index contributed by atoms with van der Waals surface area (Å²) in [7, 11) is 4.42. The number of phenolic OH excluding ortho intramolecular Hbond substituents is 1. The van der Waals surface area contributed by atoms with Crippen molar-refractivity contribution in [2.24, 2.45) is 23.7 Å². The van der Waals surface area contributed by atoms with E-state index in [1.807, 2.05) is 6.08 Å². The van der Waals surface area contributed by atoms with Crippen molar-refractivity contribution in [3.63, 3.8) is 0 Å². The van der Waals surface area contributed by atoms with Gasteiger partial charge in [-0.1, -0.05) is 65.2 Å². The van der Waals surface area contributed by atoms with Gasteiger partial charge in [0, 0.05) is 28.6 Å². The number of carbonyl (C=O) groups is 4. The van der Waals surface area contributed by atoms with Crippen molar-refractivity contribution >= 4 is 58.2 Å². The lowest BCUT2D eigenvalue weighted by molar-refractivity contribution is -0.138. The molecule has 11 nitrogen and oxygen atoms in total. The first-order chi connectivity index (χ1) is 26.0. The van der Waals surface area contributed by atoms with Gasteiger partial charge < -0.3 is 19.3 Å². The molecule has 0 bridgehead atoms. The number of ether oxygens (including phenoxy) is 3. The highest BCUT2D eigenvalue weighted by Crippen LogP contribution is 2.66. The van der Waals surface area contributed by atoms with Crippen LogP contribution in [0.3, 0.4) is 0 Å². The monoisotopic (exact) mass is 767 g/mol. The van der Waals surface area contributed by atoms with Gasteiger partial charge in [-0.05, 0) is 66.8 Å². The topological polar surface area (TPSA) is 135 Å². The number of fused-ring (bicyclic) bond motifs is 4. The van der Waals surface area contributed by atoms with Gasteiger partial charge in [-0.2, -0.15) is 5.01 Å². The Balaban J connectivity index is 1.38. The first-order valence-corrected chi connectivity index (χ1v) is 18.1. The second-order valence-electron chi connectivity index (χ2n) is 13.8. The highest BCUT2D eigenvalue weighted by Gasteiger charge is 2.71. The Labute approximate surface area is 321 Å². The van der Waals surface area contributed by atoms with Crippen molar-refractivity contribution in [3.8, 4) is 23.0 Å². The minimum Gasteiger partial charge on any atom is -0.507 e. The summed E-state index contributed by atoms with van der Waals surface area (Å²) in [5.41, 5.74) is 3.35. The molecule has 0 radical (unpaired) electrons. The molecular weight excluding hydrogens is 733 g/mol. The summed E-state index contributed by atoms with van der Waals surface area (Å²) < 4.78 is 16.8. The molecule has 2 N–H and O–H groups in total. The molecule has 3 fully saturated rings. The standard InChI is InChI=1S/C41H35Cl2N3O8/c1-52-24-12-9-21(10-13-24)41-29(38(49)46(40(41)51)44-31-16-11-22(42)17-30(31)43)20-28-26(36(41)35-32(47)18-25(53-2)19-33(35)54-3)14-15-27-34(28)39(50)45(37(27)48)23-7-5-4-6-8-23/h4-14,16-19,27-29,34,36,44,47H,15,20H2,1-3H3/t27-,28+,29-,34-,36+,41+/m0/s1. The molecule has 2 aliphatic heterocycles. The van der Waals surface area contributed by atoms with Gasteiger partial charge >= 0.3 is 0 Å². The molecule has 0 unspecified atom stereocenters. The smallest absolute Gasteiger partial charge is 0.260 e. The molecule has 1 saturated carbocycles. The summed E-state index contributed by atoms with van der Waals surface area (Å²) in [5, 5.41) is 13.4. The third kappa shape index (κ3) is 5.16. The maximum atomic E-state index is 15.5. The van der Waals surface area contributed by atoms with Crippen molar-refractivity contribution in [3.05, 3.63) is 118 Å². The summed E-state index contributed by atoms with van der Waals surface area (Å²) in [6.07, 6.45) is 2.16. The lowest BCUT2D eigenvalue weighted by Crippen LogP contribution is -2.53. The molecule has 8 rings (SSSR count). The number of carbonyl (C=O) groups excluding carboxylic acids is 4. The van der Waals surface area contributed by atoms with E-state index in [-0.39, 0.29) is 52.4 Å². The highest BCUT2D eigenvalue weighted by molar-refractivity contribution is 6.36. The number of rotatable bonds is 8.